The summed E-state index contributed by atoms with van der Waals surface area (Å²) >= 11 is 0. The number of fused-ring (bicyclic) bond motifs is 1. The Morgan fingerprint density at radius 1 is 1.39 bits per heavy atom. The minimum atomic E-state index is -0.117. The first-order valence-electron chi connectivity index (χ1n) is 6.04. The van der Waals surface area contributed by atoms with Crippen molar-refractivity contribution in [2.75, 3.05) is 13.1 Å². The number of nitrogens with zero attached hydrogens (tertiary/aromatic N) is 3. The van der Waals surface area contributed by atoms with E-state index in [0.717, 1.165) is 24.8 Å². The Kier molecular flexibility index (Phi) is 2.62. The van der Waals surface area contributed by atoms with Gasteiger partial charge in [-0.25, -0.2) is 9.78 Å². The minimum absolute atomic E-state index is 0.117. The van der Waals surface area contributed by atoms with Crippen LogP contribution in [0.4, 0.5) is 0 Å². The predicted molar refractivity (Wildman–Crippen MR) is 66.3 cm³/mol. The molecule has 1 amide bonds. The van der Waals surface area contributed by atoms with E-state index in [1.165, 1.54) is 0 Å². The summed E-state index contributed by atoms with van der Waals surface area (Å²) in [5.41, 5.74) is 1.35. The number of aromatic amines is 1. The molecule has 3 rings (SSSR count). The molecule has 94 valence electrons. The maximum absolute atomic E-state index is 12.0. The lowest BCUT2D eigenvalue weighted by molar-refractivity contribution is -0.119. The molecular formula is C12H14N4O2. The number of pyridine rings is 1. The van der Waals surface area contributed by atoms with E-state index < -0.39 is 0 Å². The molecule has 6 nitrogen and oxygen atoms in total. The van der Waals surface area contributed by atoms with E-state index in [4.69, 9.17) is 0 Å². The van der Waals surface area contributed by atoms with Crippen LogP contribution in [0.1, 0.15) is 18.9 Å². The Morgan fingerprint density at radius 2 is 2.17 bits per heavy atom. The Morgan fingerprint density at radius 3 is 2.89 bits per heavy atom. The number of rotatable bonds is 2. The Bertz CT molecular complexity index is 622. The summed E-state index contributed by atoms with van der Waals surface area (Å²) in [4.78, 5) is 31.5. The highest BCUT2D eigenvalue weighted by Gasteiger charge is 2.23. The number of aromatic nitrogens is 3. The molecule has 0 unspecified atom stereocenters. The van der Waals surface area contributed by atoms with Crippen LogP contribution >= 0.6 is 0 Å². The molecule has 2 aromatic heterocycles. The molecule has 0 radical (unpaired) electrons. The second-order valence-corrected chi connectivity index (χ2v) is 4.55. The molecule has 1 fully saturated rings. The molecule has 18 heavy (non-hydrogen) atoms. The number of piperidine rings is 1. The predicted octanol–water partition coefficient (Wildman–Crippen LogP) is 0.518. The van der Waals surface area contributed by atoms with Crippen LogP contribution in [0.15, 0.2) is 23.1 Å². The van der Waals surface area contributed by atoms with Gasteiger partial charge in [-0.15, -0.1) is 0 Å². The molecule has 0 saturated carbocycles. The van der Waals surface area contributed by atoms with Crippen molar-refractivity contribution in [1.29, 1.82) is 0 Å². The molecule has 1 saturated heterocycles. The molecule has 0 aliphatic carbocycles. The van der Waals surface area contributed by atoms with Gasteiger partial charge in [0.05, 0.1) is 5.52 Å². The van der Waals surface area contributed by atoms with Crippen LogP contribution in [0.3, 0.4) is 0 Å². The third-order valence-corrected chi connectivity index (χ3v) is 3.49. The molecule has 1 aliphatic heterocycles. The van der Waals surface area contributed by atoms with E-state index in [1.807, 2.05) is 6.07 Å². The summed E-state index contributed by atoms with van der Waals surface area (Å²) in [5.74, 6) is 0. The van der Waals surface area contributed by atoms with E-state index in [9.17, 15) is 9.59 Å². The van der Waals surface area contributed by atoms with Crippen molar-refractivity contribution in [2.45, 2.75) is 18.9 Å². The standard InChI is InChI=1S/C12H14N4O2/c17-8-15-6-3-9(4-7-15)16-11-10(14-12(16)18)2-1-5-13-11/h1-2,5,8-9H,3-4,6-7H2,(H,14,18). The number of likely N-dealkylation sites (tertiary alicyclic amines) is 1. The SMILES string of the molecule is O=CN1CCC(n2c(=O)[nH]c3cccnc32)CC1. The average Bonchev–Trinajstić information content (AvgIpc) is 2.75. The van der Waals surface area contributed by atoms with Crippen molar-refractivity contribution >= 4 is 17.6 Å². The summed E-state index contributed by atoms with van der Waals surface area (Å²) in [5, 5.41) is 0. The zero-order valence-electron chi connectivity index (χ0n) is 9.87. The van der Waals surface area contributed by atoms with Gasteiger partial charge in [-0.3, -0.25) is 9.36 Å². The molecule has 2 aromatic rings. The van der Waals surface area contributed by atoms with Crippen LogP contribution in [0, 0.1) is 0 Å². The van der Waals surface area contributed by atoms with Gasteiger partial charge in [0.2, 0.25) is 6.41 Å². The quantitative estimate of drug-likeness (QED) is 0.785. The molecule has 6 heteroatoms. The van der Waals surface area contributed by atoms with Gasteiger partial charge in [0, 0.05) is 25.3 Å². The number of carbonyl (C=O) groups excluding carboxylic acids is 1. The first-order chi connectivity index (χ1) is 8.79. The maximum Gasteiger partial charge on any atom is 0.327 e. The summed E-state index contributed by atoms with van der Waals surface area (Å²) in [6.45, 7) is 1.39. The van der Waals surface area contributed by atoms with E-state index in [0.29, 0.717) is 18.7 Å². The fraction of sp³-hybridized carbons (Fsp3) is 0.417. The zero-order chi connectivity index (χ0) is 12.5. The average molecular weight is 246 g/mol. The summed E-state index contributed by atoms with van der Waals surface area (Å²) in [7, 11) is 0. The number of hydrogen-bond acceptors (Lipinski definition) is 3. The zero-order valence-corrected chi connectivity index (χ0v) is 9.87. The van der Waals surface area contributed by atoms with Crippen LogP contribution in [0.5, 0.6) is 0 Å². The Hall–Kier alpha value is -2.11. The molecule has 0 atom stereocenters. The molecule has 3 heterocycles. The van der Waals surface area contributed by atoms with Crippen molar-refractivity contribution in [2.24, 2.45) is 0 Å². The number of H-pyrrole nitrogens is 1. The number of carbonyl (C=O) groups is 1. The number of hydrogen-bond donors (Lipinski definition) is 1. The van der Waals surface area contributed by atoms with Gasteiger partial charge in [-0.1, -0.05) is 0 Å². The lowest BCUT2D eigenvalue weighted by Crippen LogP contribution is -2.36. The van der Waals surface area contributed by atoms with Gasteiger partial charge in [0.1, 0.15) is 0 Å². The fourth-order valence-electron chi connectivity index (χ4n) is 2.55. The Labute approximate surface area is 103 Å². The van der Waals surface area contributed by atoms with Crippen LogP contribution in [-0.4, -0.2) is 38.9 Å². The van der Waals surface area contributed by atoms with Crippen molar-refractivity contribution in [1.82, 2.24) is 19.4 Å². The highest BCUT2D eigenvalue weighted by Crippen LogP contribution is 2.22. The first kappa shape index (κ1) is 11.0. The molecule has 0 spiro atoms. The van der Waals surface area contributed by atoms with E-state index in [1.54, 1.807) is 21.7 Å². The van der Waals surface area contributed by atoms with Crippen molar-refractivity contribution < 1.29 is 4.79 Å². The van der Waals surface area contributed by atoms with Crippen LogP contribution in [0.25, 0.3) is 11.2 Å². The van der Waals surface area contributed by atoms with Crippen LogP contribution < -0.4 is 5.69 Å². The molecular weight excluding hydrogens is 232 g/mol. The van der Waals surface area contributed by atoms with Crippen molar-refractivity contribution in [3.8, 4) is 0 Å². The second-order valence-electron chi connectivity index (χ2n) is 4.55. The third-order valence-electron chi connectivity index (χ3n) is 3.49. The topological polar surface area (TPSA) is 71.0 Å². The lowest BCUT2D eigenvalue weighted by Gasteiger charge is -2.29. The molecule has 1 aliphatic rings. The van der Waals surface area contributed by atoms with Gasteiger partial charge >= 0.3 is 5.69 Å². The molecule has 0 aromatic carbocycles. The highest BCUT2D eigenvalue weighted by atomic mass is 16.1. The number of nitrogens with one attached hydrogen (secondary N) is 1. The van der Waals surface area contributed by atoms with E-state index in [-0.39, 0.29) is 11.7 Å². The summed E-state index contributed by atoms with van der Waals surface area (Å²) < 4.78 is 1.72. The highest BCUT2D eigenvalue weighted by molar-refractivity contribution is 5.70. The van der Waals surface area contributed by atoms with Gasteiger partial charge < -0.3 is 9.88 Å². The second kappa shape index (κ2) is 4.29. The molecule has 0 bridgehead atoms. The minimum Gasteiger partial charge on any atom is -0.345 e. The maximum atomic E-state index is 12.0. The molecule has 1 N–H and O–H groups in total. The van der Waals surface area contributed by atoms with Gasteiger partial charge in [0.25, 0.3) is 0 Å². The lowest BCUT2D eigenvalue weighted by atomic mass is 10.1. The fourth-order valence-corrected chi connectivity index (χ4v) is 2.55. The van der Waals surface area contributed by atoms with Gasteiger partial charge in [-0.05, 0) is 25.0 Å². The van der Waals surface area contributed by atoms with E-state index >= 15 is 0 Å². The normalized spacial score (nSPS) is 17.2. The first-order valence-corrected chi connectivity index (χ1v) is 6.04. The Balaban J connectivity index is 1.97. The van der Waals surface area contributed by atoms with Crippen LogP contribution in [0.2, 0.25) is 0 Å². The largest absolute Gasteiger partial charge is 0.345 e. The van der Waals surface area contributed by atoms with Gasteiger partial charge in [0.15, 0.2) is 5.65 Å². The van der Waals surface area contributed by atoms with Crippen LogP contribution in [-0.2, 0) is 4.79 Å². The van der Waals surface area contributed by atoms with Crippen molar-refractivity contribution in [3.63, 3.8) is 0 Å². The third kappa shape index (κ3) is 1.70. The van der Waals surface area contributed by atoms with E-state index in [2.05, 4.69) is 9.97 Å². The smallest absolute Gasteiger partial charge is 0.327 e. The van der Waals surface area contributed by atoms with Crippen molar-refractivity contribution in [3.05, 3.63) is 28.8 Å². The number of amides is 1. The van der Waals surface area contributed by atoms with Gasteiger partial charge in [-0.2, -0.15) is 0 Å². The summed E-state index contributed by atoms with van der Waals surface area (Å²) in [6, 6.07) is 3.77. The number of imidazole rings is 1. The monoisotopic (exact) mass is 246 g/mol. The summed E-state index contributed by atoms with van der Waals surface area (Å²) in [6.07, 6.45) is 4.14.